The van der Waals surface area contributed by atoms with Crippen molar-refractivity contribution in [3.05, 3.63) is 30.5 Å². The Morgan fingerprint density at radius 1 is 1.35 bits per heavy atom. The van der Waals surface area contributed by atoms with Crippen LogP contribution >= 0.6 is 10.7 Å². The van der Waals surface area contributed by atoms with Crippen molar-refractivity contribution >= 4 is 30.6 Å². The highest BCUT2D eigenvalue weighted by molar-refractivity contribution is 8.14. The van der Waals surface area contributed by atoms with Crippen molar-refractivity contribution in [1.82, 2.24) is 4.57 Å². The fourth-order valence-corrected chi connectivity index (χ4v) is 2.84. The molecule has 1 heterocycles. The topological polar surface area (TPSA) is 48.3 Å². The first-order valence-corrected chi connectivity index (χ1v) is 7.36. The smallest absolute Gasteiger partial charge is 0.263 e. The molecular weight excluding hydrogens is 262 g/mol. The van der Waals surface area contributed by atoms with Gasteiger partial charge in [-0.05, 0) is 6.07 Å². The molecular formula is C11H12ClNO3S. The Morgan fingerprint density at radius 2 is 2.06 bits per heavy atom. The van der Waals surface area contributed by atoms with Crippen LogP contribution < -0.4 is 0 Å². The van der Waals surface area contributed by atoms with E-state index in [9.17, 15) is 8.42 Å². The lowest BCUT2D eigenvalue weighted by Gasteiger charge is -2.03. The number of halogens is 1. The van der Waals surface area contributed by atoms with Gasteiger partial charge in [-0.1, -0.05) is 18.2 Å². The Kier molecular flexibility index (Phi) is 3.42. The van der Waals surface area contributed by atoms with Crippen molar-refractivity contribution in [2.45, 2.75) is 11.4 Å². The molecule has 6 heteroatoms. The van der Waals surface area contributed by atoms with Gasteiger partial charge in [0.25, 0.3) is 9.05 Å². The molecule has 0 saturated carbocycles. The Bertz CT molecular complexity index is 633. The molecule has 0 bridgehead atoms. The number of benzene rings is 1. The molecule has 92 valence electrons. The van der Waals surface area contributed by atoms with Gasteiger partial charge in [0, 0.05) is 41.4 Å². The fraction of sp³-hybridized carbons (Fsp3) is 0.273. The third-order valence-electron chi connectivity index (χ3n) is 2.55. The van der Waals surface area contributed by atoms with Crippen LogP contribution in [-0.2, 0) is 20.3 Å². The number of hydrogen-bond donors (Lipinski definition) is 0. The molecule has 17 heavy (non-hydrogen) atoms. The van der Waals surface area contributed by atoms with Gasteiger partial charge >= 0.3 is 0 Å². The van der Waals surface area contributed by atoms with Crippen molar-refractivity contribution in [2.24, 2.45) is 0 Å². The third kappa shape index (κ3) is 2.46. The minimum atomic E-state index is -3.72. The number of aromatic nitrogens is 1. The molecule has 4 nitrogen and oxygen atoms in total. The number of fused-ring (bicyclic) bond motifs is 1. The summed E-state index contributed by atoms with van der Waals surface area (Å²) >= 11 is 0. The van der Waals surface area contributed by atoms with Crippen LogP contribution in [0.5, 0.6) is 0 Å². The molecule has 0 fully saturated rings. The molecule has 0 unspecified atom stereocenters. The van der Waals surface area contributed by atoms with E-state index in [2.05, 4.69) is 0 Å². The zero-order valence-electron chi connectivity index (χ0n) is 9.26. The van der Waals surface area contributed by atoms with Crippen LogP contribution in [0.4, 0.5) is 0 Å². The molecule has 0 saturated heterocycles. The summed E-state index contributed by atoms with van der Waals surface area (Å²) in [5.41, 5.74) is 0.837. The molecule has 0 atom stereocenters. The number of nitrogens with zero attached hydrogens (tertiary/aromatic N) is 1. The van der Waals surface area contributed by atoms with Crippen LogP contribution in [0.25, 0.3) is 10.9 Å². The van der Waals surface area contributed by atoms with Gasteiger partial charge in [0.1, 0.15) is 4.90 Å². The van der Waals surface area contributed by atoms with E-state index in [4.69, 9.17) is 15.4 Å². The molecule has 0 amide bonds. The Morgan fingerprint density at radius 3 is 2.71 bits per heavy atom. The predicted molar refractivity (Wildman–Crippen MR) is 66.9 cm³/mol. The van der Waals surface area contributed by atoms with Crippen molar-refractivity contribution in [2.75, 3.05) is 13.7 Å². The largest absolute Gasteiger partial charge is 0.383 e. The Labute approximate surface area is 104 Å². The number of methoxy groups -OCH3 is 1. The zero-order valence-corrected chi connectivity index (χ0v) is 10.8. The maximum atomic E-state index is 11.5. The number of hydrogen-bond acceptors (Lipinski definition) is 3. The lowest BCUT2D eigenvalue weighted by atomic mass is 10.2. The lowest BCUT2D eigenvalue weighted by Crippen LogP contribution is -2.02. The predicted octanol–water partition coefficient (Wildman–Crippen LogP) is 2.22. The van der Waals surface area contributed by atoms with Gasteiger partial charge in [0.05, 0.1) is 6.61 Å². The molecule has 0 aliphatic heterocycles. The second-order valence-electron chi connectivity index (χ2n) is 3.63. The summed E-state index contributed by atoms with van der Waals surface area (Å²) in [6, 6.07) is 7.25. The highest BCUT2D eigenvalue weighted by Crippen LogP contribution is 2.27. The quantitative estimate of drug-likeness (QED) is 0.803. The summed E-state index contributed by atoms with van der Waals surface area (Å²) in [6.07, 6.45) is 1.55. The third-order valence-corrected chi connectivity index (χ3v) is 3.90. The maximum Gasteiger partial charge on any atom is 0.263 e. The van der Waals surface area contributed by atoms with Gasteiger partial charge in [-0.25, -0.2) is 8.42 Å². The average Bonchev–Trinajstić information content (AvgIpc) is 2.65. The van der Waals surface area contributed by atoms with Crippen LogP contribution in [0.2, 0.25) is 0 Å². The van der Waals surface area contributed by atoms with Gasteiger partial charge in [-0.15, -0.1) is 0 Å². The average molecular weight is 274 g/mol. The molecule has 0 radical (unpaired) electrons. The highest BCUT2D eigenvalue weighted by atomic mass is 35.7. The Hall–Kier alpha value is -1.04. The van der Waals surface area contributed by atoms with Crippen LogP contribution in [0, 0.1) is 0 Å². The van der Waals surface area contributed by atoms with Gasteiger partial charge in [0.2, 0.25) is 0 Å². The first-order valence-electron chi connectivity index (χ1n) is 5.05. The number of rotatable bonds is 4. The fourth-order valence-electron chi connectivity index (χ4n) is 1.78. The van der Waals surface area contributed by atoms with Crippen molar-refractivity contribution in [3.8, 4) is 0 Å². The summed E-state index contributed by atoms with van der Waals surface area (Å²) in [7, 11) is 3.29. The van der Waals surface area contributed by atoms with Crippen molar-refractivity contribution in [1.29, 1.82) is 0 Å². The molecule has 1 aromatic heterocycles. The van der Waals surface area contributed by atoms with Gasteiger partial charge in [0.15, 0.2) is 0 Å². The van der Waals surface area contributed by atoms with Gasteiger partial charge in [-0.3, -0.25) is 0 Å². The minimum absolute atomic E-state index is 0.144. The van der Waals surface area contributed by atoms with Crippen molar-refractivity contribution in [3.63, 3.8) is 0 Å². The summed E-state index contributed by atoms with van der Waals surface area (Å²) < 4.78 is 29.7. The van der Waals surface area contributed by atoms with E-state index in [1.807, 2.05) is 16.7 Å². The molecule has 0 N–H and O–H groups in total. The maximum absolute atomic E-state index is 11.5. The molecule has 1 aromatic carbocycles. The van der Waals surface area contributed by atoms with E-state index >= 15 is 0 Å². The van der Waals surface area contributed by atoms with E-state index in [1.54, 1.807) is 25.4 Å². The second-order valence-corrected chi connectivity index (χ2v) is 6.17. The number of para-hydroxylation sites is 1. The highest BCUT2D eigenvalue weighted by Gasteiger charge is 2.17. The summed E-state index contributed by atoms with van der Waals surface area (Å²) in [5.74, 6) is 0. The monoisotopic (exact) mass is 273 g/mol. The van der Waals surface area contributed by atoms with Crippen LogP contribution in [0.15, 0.2) is 35.4 Å². The minimum Gasteiger partial charge on any atom is -0.383 e. The first kappa shape index (κ1) is 12.4. The Balaban J connectivity index is 2.63. The van der Waals surface area contributed by atoms with E-state index in [0.29, 0.717) is 18.5 Å². The van der Waals surface area contributed by atoms with Gasteiger partial charge < -0.3 is 9.30 Å². The van der Waals surface area contributed by atoms with Crippen LogP contribution in [0.1, 0.15) is 0 Å². The summed E-state index contributed by atoms with van der Waals surface area (Å²) in [5, 5.41) is 0.638. The van der Waals surface area contributed by atoms with Crippen LogP contribution in [-0.4, -0.2) is 26.7 Å². The molecule has 0 aliphatic rings. The van der Waals surface area contributed by atoms with E-state index in [-0.39, 0.29) is 4.90 Å². The zero-order chi connectivity index (χ0) is 12.5. The molecule has 2 rings (SSSR count). The standard InChI is InChI=1S/C11H12ClNO3S/c1-16-7-6-13-8-11(17(12,14)15)9-4-2-3-5-10(9)13/h2-5,8H,6-7H2,1H3. The first-order chi connectivity index (χ1) is 8.04. The molecule has 0 spiro atoms. The normalized spacial score (nSPS) is 12.1. The van der Waals surface area contributed by atoms with E-state index < -0.39 is 9.05 Å². The summed E-state index contributed by atoms with van der Waals surface area (Å²) in [4.78, 5) is 0.144. The second kappa shape index (κ2) is 4.68. The van der Waals surface area contributed by atoms with Crippen molar-refractivity contribution < 1.29 is 13.2 Å². The lowest BCUT2D eigenvalue weighted by molar-refractivity contribution is 0.188. The SMILES string of the molecule is COCCn1cc(S(=O)(=O)Cl)c2ccccc21. The molecule has 0 aliphatic carbocycles. The van der Waals surface area contributed by atoms with Gasteiger partial charge in [-0.2, -0.15) is 0 Å². The van der Waals surface area contributed by atoms with Crippen LogP contribution in [0.3, 0.4) is 0 Å². The summed E-state index contributed by atoms with van der Waals surface area (Å²) in [6.45, 7) is 1.10. The number of ether oxygens (including phenoxy) is 1. The van der Waals surface area contributed by atoms with E-state index in [0.717, 1.165) is 5.52 Å². The molecule has 2 aromatic rings. The van der Waals surface area contributed by atoms with E-state index in [1.165, 1.54) is 0 Å².